The van der Waals surface area contributed by atoms with Crippen LogP contribution in [0.25, 0.3) is 0 Å². The van der Waals surface area contributed by atoms with Crippen molar-refractivity contribution >= 4 is 43.2 Å². The average Bonchev–Trinajstić information content (AvgIpc) is 1.42. The Balaban J connectivity index is 0.0000343. The third kappa shape index (κ3) is 46.8. The van der Waals surface area contributed by atoms with E-state index in [1.54, 1.807) is 18.2 Å². The molecule has 0 aliphatic carbocycles. The third-order valence-electron chi connectivity index (χ3n) is 19.3. The Kier molecular flexibility index (Phi) is 58.5. The van der Waals surface area contributed by atoms with Gasteiger partial charge in [0, 0.05) is 59.8 Å². The number of ether oxygens (including phenoxy) is 14. The van der Waals surface area contributed by atoms with Crippen LogP contribution in [0.4, 0.5) is 11.4 Å². The van der Waals surface area contributed by atoms with Gasteiger partial charge in [-0.2, -0.15) is 13.0 Å². The number of para-hydroxylation sites is 1. The normalized spacial score (nSPS) is 17.6. The minimum atomic E-state index is -4.50. The minimum Gasteiger partial charge on any atom is -0.748 e. The molecule has 1 aromatic heterocycles. The molecular formula is C82H134N6NaO37S2+. The van der Waals surface area contributed by atoms with Crippen molar-refractivity contribution in [1.29, 1.82) is 0 Å². The quantitative estimate of drug-likeness (QED) is 0.00820. The summed E-state index contributed by atoms with van der Waals surface area (Å²) in [7, 11) is -8.61. The van der Waals surface area contributed by atoms with Gasteiger partial charge < -0.3 is 163 Å². The average molecular weight is 1880 g/mol. The van der Waals surface area contributed by atoms with E-state index in [0.29, 0.717) is 32.4 Å². The molecule has 2 aliphatic heterocycles. The minimum absolute atomic E-state index is 0. The molecule has 0 radical (unpaired) electrons. The number of nitrogens with zero attached hydrogens (tertiary/aromatic N) is 5. The summed E-state index contributed by atoms with van der Waals surface area (Å²) in [6, 6.07) is 12.0. The van der Waals surface area contributed by atoms with Gasteiger partial charge in [-0.3, -0.25) is 9.35 Å². The number of amides is 1. The van der Waals surface area contributed by atoms with E-state index in [4.69, 9.17) is 66.3 Å². The summed E-state index contributed by atoms with van der Waals surface area (Å²) < 4.78 is 155. The molecule has 0 fully saturated rings. The number of carbonyl (C=O) groups excluding carboxylic acids is 1. The summed E-state index contributed by atoms with van der Waals surface area (Å²) in [5, 5.41) is 169. The van der Waals surface area contributed by atoms with E-state index in [-0.39, 0.29) is 204 Å². The van der Waals surface area contributed by atoms with Gasteiger partial charge in [-0.1, -0.05) is 53.8 Å². The molecule has 0 bridgehead atoms. The van der Waals surface area contributed by atoms with Gasteiger partial charge in [0.05, 0.1) is 232 Å². The first kappa shape index (κ1) is 115. The molecule has 1 amide bonds. The topological polar surface area (TPSA) is 631 Å². The van der Waals surface area contributed by atoms with E-state index in [1.807, 2.05) is 65.6 Å². The van der Waals surface area contributed by atoms with Crippen molar-refractivity contribution in [2.24, 2.45) is 0 Å². The maximum Gasteiger partial charge on any atom is 1.00 e. The number of anilines is 1. The zero-order valence-electron chi connectivity index (χ0n) is 72.9. The first-order valence-corrected chi connectivity index (χ1v) is 45.1. The van der Waals surface area contributed by atoms with Crippen LogP contribution >= 0.6 is 0 Å². The number of benzene rings is 2. The second-order valence-corrected chi connectivity index (χ2v) is 33.9. The number of rotatable bonds is 76. The first-order chi connectivity index (χ1) is 60.8. The van der Waals surface area contributed by atoms with Crippen molar-refractivity contribution in [2.75, 3.05) is 228 Å². The summed E-state index contributed by atoms with van der Waals surface area (Å²) in [4.78, 5) is 16.4. The maximum absolute atomic E-state index is 14.4. The zero-order chi connectivity index (χ0) is 93.0. The van der Waals surface area contributed by atoms with Crippen LogP contribution in [0.2, 0.25) is 0 Å². The summed E-state index contributed by atoms with van der Waals surface area (Å²) >= 11 is 0. The van der Waals surface area contributed by atoms with E-state index in [2.05, 4.69) is 40.1 Å². The Labute approximate surface area is 768 Å². The monoisotopic (exact) mass is 1880 g/mol. The van der Waals surface area contributed by atoms with Crippen molar-refractivity contribution in [3.63, 3.8) is 0 Å². The Morgan fingerprint density at radius 1 is 0.500 bits per heavy atom. The van der Waals surface area contributed by atoms with Crippen molar-refractivity contribution in [2.45, 2.75) is 149 Å². The number of hydrogen-bond acceptors (Lipinski definition) is 39. The van der Waals surface area contributed by atoms with Crippen molar-refractivity contribution in [1.82, 2.24) is 20.3 Å². The van der Waals surface area contributed by atoms with Crippen LogP contribution in [0, 0.1) is 0 Å². The standard InChI is InChI=1S/C82H134N6O37S2.Na/c1-82(2)77-15-8-9-16-79(77)87(21-11-13-23-127(109,110)111)80(82)17-7-5-3-4-6-14-61-25-59-24-58(18-19-78(59)86(61)20-10-12-22-126(106,107)108)81(105)83-26-60-27-88(85-84-60)62(36-120-75(54-122-71(46-112-38-63(97)28-89)47-113-39-64(98)29-90)55-123-72(48-114-40-65(99)30-91)49-115-41-66(100)31-92)37-121-76(56-124-73(50-116-42-67(101)32-93)51-117-43-68(102)33-94)57-125-74(52-118-44-69(103)34-95)53-119-45-70(104)35-96;/h3-9,14-19,24,27,62-76,89-104H,10-13,20-23,25-26,28-57H2,1-2H3,(H2-,83,105,106,107,108,109,110,111);/q;+1. The van der Waals surface area contributed by atoms with Gasteiger partial charge in [-0.15, -0.1) is 5.10 Å². The van der Waals surface area contributed by atoms with Crippen LogP contribution in [0.3, 0.4) is 0 Å². The van der Waals surface area contributed by atoms with E-state index in [9.17, 15) is 112 Å². The molecule has 128 heavy (non-hydrogen) atoms. The van der Waals surface area contributed by atoms with Crippen LogP contribution in [-0.2, 0) is 105 Å². The number of unbranched alkanes of at least 4 members (excludes halogenated alkanes) is 2. The molecule has 5 rings (SSSR count). The number of hydrogen-bond donors (Lipinski definition) is 18. The third-order valence-corrected chi connectivity index (χ3v) is 20.9. The van der Waals surface area contributed by atoms with Crippen LogP contribution in [-0.4, -0.2) is 447 Å². The number of fused-ring (bicyclic) bond motifs is 2. The fourth-order valence-corrected chi connectivity index (χ4v) is 13.6. The Hall–Kier alpha value is -4.90. The van der Waals surface area contributed by atoms with Crippen LogP contribution in [0.5, 0.6) is 0 Å². The molecule has 8 atom stereocenters. The smallest absolute Gasteiger partial charge is 0.748 e. The second kappa shape index (κ2) is 64.9. The van der Waals surface area contributed by atoms with Crippen LogP contribution in [0.1, 0.15) is 72.8 Å². The molecule has 3 aromatic rings. The van der Waals surface area contributed by atoms with E-state index < -0.39 is 189 Å². The van der Waals surface area contributed by atoms with E-state index in [0.717, 1.165) is 33.9 Å². The van der Waals surface area contributed by atoms with Crippen molar-refractivity contribution < 1.29 is 213 Å². The number of allylic oxidation sites excluding steroid dienone is 8. The summed E-state index contributed by atoms with van der Waals surface area (Å²) in [5.74, 6) is -1.43. The number of aromatic nitrogens is 3. The Morgan fingerprint density at radius 2 is 0.883 bits per heavy atom. The largest absolute Gasteiger partial charge is 1.00 e. The number of aliphatic hydroxyl groups is 16. The number of aliphatic hydroxyl groups excluding tert-OH is 16. The van der Waals surface area contributed by atoms with Gasteiger partial charge in [0.25, 0.3) is 16.0 Å². The second-order valence-electron chi connectivity index (χ2n) is 30.8. The fourth-order valence-electron chi connectivity index (χ4n) is 12.5. The van der Waals surface area contributed by atoms with Gasteiger partial charge in [0.2, 0.25) is 5.69 Å². The van der Waals surface area contributed by atoms with Crippen molar-refractivity contribution in [3.05, 3.63) is 119 Å². The predicted molar refractivity (Wildman–Crippen MR) is 452 cm³/mol. The maximum atomic E-state index is 14.4. The number of carbonyl (C=O) groups is 1. The summed E-state index contributed by atoms with van der Waals surface area (Å²) in [6.45, 7) is -7.55. The molecule has 0 saturated carbocycles. The fraction of sp³-hybridized carbons (Fsp3) is 0.707. The van der Waals surface area contributed by atoms with E-state index >= 15 is 0 Å². The van der Waals surface area contributed by atoms with Gasteiger partial charge in [-0.25, -0.2) is 13.1 Å². The van der Waals surface area contributed by atoms with Gasteiger partial charge in [0.15, 0.2) is 5.71 Å². The molecule has 2 aromatic carbocycles. The van der Waals surface area contributed by atoms with Crippen LogP contribution in [0.15, 0.2) is 96.9 Å². The molecule has 2 aliphatic rings. The Bertz CT molecular complexity index is 3680. The summed E-state index contributed by atoms with van der Waals surface area (Å²) in [5.41, 5.74) is 5.46. The predicted octanol–water partition coefficient (Wildman–Crippen LogP) is -7.99. The molecule has 0 saturated heterocycles. The first-order valence-electron chi connectivity index (χ1n) is 41.9. The van der Waals surface area contributed by atoms with E-state index in [1.165, 1.54) is 10.9 Å². The van der Waals surface area contributed by atoms with Crippen molar-refractivity contribution in [3.8, 4) is 0 Å². The van der Waals surface area contributed by atoms with Gasteiger partial charge in [-0.05, 0) is 62.9 Å². The van der Waals surface area contributed by atoms with Gasteiger partial charge >= 0.3 is 29.6 Å². The molecule has 43 nitrogen and oxygen atoms in total. The van der Waals surface area contributed by atoms with Crippen LogP contribution < -0.4 is 39.8 Å². The zero-order valence-corrected chi connectivity index (χ0v) is 76.6. The molecule has 18 N–H and O–H groups in total. The summed E-state index contributed by atoms with van der Waals surface area (Å²) in [6.07, 6.45) is -0.420. The number of nitrogens with one attached hydrogen (secondary N) is 1. The molecule has 726 valence electrons. The molecule has 46 heteroatoms. The van der Waals surface area contributed by atoms with Gasteiger partial charge in [0.1, 0.15) is 104 Å². The molecular weight excluding hydrogens is 1750 g/mol. The Morgan fingerprint density at radius 3 is 1.29 bits per heavy atom. The molecule has 8 unspecified atom stereocenters. The molecule has 0 spiro atoms. The SMILES string of the molecule is CC1(C)C(/C=C/C=C/C=C/C=C2\Cc3cc(C(=O)NCc4cn(C(COC(COC(COCC(O)CO)COCC(O)CO)COC(COCC(O)CO)COCC(O)CO)COC(COC(COCC(O)CO)COCC(O)CO)COC(COCC(O)CO)COCC(O)CO)nn4)ccc3N2CCCCS(=O)(=O)[O-])=[N+](CCCCS(=O)(=O)O)c2ccccc21.[Na+]. The molecule has 3 heterocycles.